The molecule has 19 aromatic rings. The first-order valence-corrected chi connectivity index (χ1v) is 35.0. The lowest BCUT2D eigenvalue weighted by atomic mass is 9.94. The van der Waals surface area contributed by atoms with E-state index in [9.17, 15) is 0 Å². The van der Waals surface area contributed by atoms with E-state index >= 15 is 0 Å². The molecule has 0 spiro atoms. The molecule has 0 bridgehead atoms. The van der Waals surface area contributed by atoms with Gasteiger partial charge in [-0.1, -0.05) is 291 Å². The summed E-state index contributed by atoms with van der Waals surface area (Å²) in [6.07, 6.45) is 0. The Kier molecular flexibility index (Phi) is 14.9. The molecule has 102 heavy (non-hydrogen) atoms. The Balaban J connectivity index is 0.670. The van der Waals surface area contributed by atoms with Crippen molar-refractivity contribution < 1.29 is 0 Å². The molecule has 2 heterocycles. The quantitative estimate of drug-likeness (QED) is 0.108. The summed E-state index contributed by atoms with van der Waals surface area (Å²) in [4.78, 5) is 4.79. The Labute approximate surface area is 593 Å². The van der Waals surface area contributed by atoms with Crippen LogP contribution in [0.25, 0.3) is 143 Å². The minimum absolute atomic E-state index is 1.06. The van der Waals surface area contributed by atoms with Crippen molar-refractivity contribution in [2.75, 3.05) is 9.80 Å². The Morgan fingerprint density at radius 1 is 0.167 bits per heavy atom. The van der Waals surface area contributed by atoms with Crippen LogP contribution in [0.3, 0.4) is 0 Å². The molecule has 0 amide bonds. The molecule has 4 nitrogen and oxygen atoms in total. The minimum Gasteiger partial charge on any atom is -0.311 e. The van der Waals surface area contributed by atoms with Crippen molar-refractivity contribution in [3.05, 3.63) is 400 Å². The van der Waals surface area contributed by atoms with Crippen molar-refractivity contribution in [1.29, 1.82) is 0 Å². The maximum absolute atomic E-state index is 2.48. The van der Waals surface area contributed by atoms with Gasteiger partial charge in [0.2, 0.25) is 0 Å². The Morgan fingerprint density at radius 2 is 0.490 bits per heavy atom. The summed E-state index contributed by atoms with van der Waals surface area (Å²) >= 11 is 0. The van der Waals surface area contributed by atoms with Crippen LogP contribution in [0.1, 0.15) is 0 Å². The molecule has 0 aliphatic heterocycles. The smallest absolute Gasteiger partial charge is 0.0702 e. The van der Waals surface area contributed by atoms with E-state index in [2.05, 4.69) is 419 Å². The lowest BCUT2D eigenvalue weighted by Gasteiger charge is -2.29. The first-order chi connectivity index (χ1) is 50.6. The van der Waals surface area contributed by atoms with Gasteiger partial charge in [-0.05, 0) is 192 Å². The largest absolute Gasteiger partial charge is 0.311 e. The number of aromatic nitrogens is 2. The van der Waals surface area contributed by atoms with Crippen LogP contribution in [-0.2, 0) is 0 Å². The summed E-state index contributed by atoms with van der Waals surface area (Å²) in [7, 11) is 0. The van der Waals surface area contributed by atoms with Gasteiger partial charge in [0.25, 0.3) is 0 Å². The van der Waals surface area contributed by atoms with Gasteiger partial charge in [-0.3, -0.25) is 0 Å². The molecular weight excluding hydrogens is 1230 g/mol. The highest BCUT2D eigenvalue weighted by molar-refractivity contribution is 6.12. The van der Waals surface area contributed by atoms with Crippen LogP contribution in [0.2, 0.25) is 0 Å². The van der Waals surface area contributed by atoms with Crippen LogP contribution >= 0.6 is 0 Å². The lowest BCUT2D eigenvalue weighted by Crippen LogP contribution is -2.13. The summed E-state index contributed by atoms with van der Waals surface area (Å²) < 4.78 is 4.90. The molecule has 19 rings (SSSR count). The Hall–Kier alpha value is -13.5. The predicted molar refractivity (Wildman–Crippen MR) is 432 cm³/mol. The van der Waals surface area contributed by atoms with E-state index in [0.29, 0.717) is 0 Å². The van der Waals surface area contributed by atoms with Crippen LogP contribution in [0.5, 0.6) is 0 Å². The fourth-order valence-electron chi connectivity index (χ4n) is 15.7. The lowest BCUT2D eigenvalue weighted by molar-refractivity contribution is 1.15. The maximum Gasteiger partial charge on any atom is 0.0702 e. The van der Waals surface area contributed by atoms with Crippen molar-refractivity contribution in [2.45, 2.75) is 0 Å². The van der Waals surface area contributed by atoms with Gasteiger partial charge in [-0.2, -0.15) is 0 Å². The number of hydrogen-bond acceptors (Lipinski definition) is 2. The normalized spacial score (nSPS) is 11.5. The number of rotatable bonds is 14. The Bertz CT molecular complexity index is 6270. The fraction of sp³-hybridized carbons (Fsp3) is 0. The van der Waals surface area contributed by atoms with Gasteiger partial charge < -0.3 is 18.9 Å². The van der Waals surface area contributed by atoms with Gasteiger partial charge in [0, 0.05) is 55.5 Å². The molecule has 2 aromatic heterocycles. The second-order valence-corrected chi connectivity index (χ2v) is 26.4. The number of hydrogen-bond donors (Lipinski definition) is 0. The first kappa shape index (κ1) is 59.7. The van der Waals surface area contributed by atoms with Gasteiger partial charge in [0.15, 0.2) is 0 Å². The van der Waals surface area contributed by atoms with E-state index in [4.69, 9.17) is 0 Å². The third-order valence-electron chi connectivity index (χ3n) is 20.5. The monoisotopic (exact) mass is 1300 g/mol. The van der Waals surface area contributed by atoms with Gasteiger partial charge in [0.1, 0.15) is 0 Å². The molecule has 0 aliphatic rings. The van der Waals surface area contributed by atoms with E-state index < -0.39 is 0 Å². The average molecular weight is 1300 g/mol. The average Bonchev–Trinajstić information content (AvgIpc) is 1.60. The summed E-state index contributed by atoms with van der Waals surface area (Å²) in [6.45, 7) is 0. The SMILES string of the molecule is c1ccc(-c2ccc(N(c3ccc(-c4ccccc4-n4c5ccccc5c5ccccc54)cc3)c3ccc(-c4cccc5cc(-c6ccc7c8ccccc8n(-c8ccccc8N(c8ccc(-c9ccccc9)cc8)c8ccc(-c9cccc%10ccccc9%10)cc8)c7c6)ccc45)cc3)cc2)cc1. The number of benzene rings is 17. The highest BCUT2D eigenvalue weighted by Gasteiger charge is 2.23. The van der Waals surface area contributed by atoms with Gasteiger partial charge >= 0.3 is 0 Å². The van der Waals surface area contributed by atoms with Crippen LogP contribution in [0.15, 0.2) is 400 Å². The van der Waals surface area contributed by atoms with Crippen LogP contribution in [0, 0.1) is 0 Å². The zero-order chi connectivity index (χ0) is 67.5. The van der Waals surface area contributed by atoms with Crippen molar-refractivity contribution in [2.24, 2.45) is 0 Å². The van der Waals surface area contributed by atoms with E-state index in [1.54, 1.807) is 0 Å². The molecular formula is C98H66N4. The van der Waals surface area contributed by atoms with Gasteiger partial charge in [-0.25, -0.2) is 0 Å². The Morgan fingerprint density at radius 3 is 1.02 bits per heavy atom. The third kappa shape index (κ3) is 10.6. The summed E-state index contributed by atoms with van der Waals surface area (Å²) in [5, 5.41) is 9.76. The van der Waals surface area contributed by atoms with Gasteiger partial charge in [-0.15, -0.1) is 0 Å². The first-order valence-electron chi connectivity index (χ1n) is 35.0. The number of fused-ring (bicyclic) bond motifs is 8. The third-order valence-corrected chi connectivity index (χ3v) is 20.5. The molecule has 0 saturated heterocycles. The van der Waals surface area contributed by atoms with E-state index in [-0.39, 0.29) is 0 Å². The summed E-state index contributed by atoms with van der Waals surface area (Å²) in [5.41, 5.74) is 27.4. The summed E-state index contributed by atoms with van der Waals surface area (Å²) in [6, 6.07) is 146. The highest BCUT2D eigenvalue weighted by Crippen LogP contribution is 2.46. The number of anilines is 6. The number of nitrogens with zero attached hydrogens (tertiary/aromatic N) is 4. The standard InChI is InChI=1S/C98H66N4/c1-3-21-67(22-4-1)69-41-53-78(54-42-69)99(80-59-49-74(50-60-80)87-29-9-13-35-92(87)101-93-36-14-10-30-88(93)89-31-11-15-37-94(89)101)79-57-45-73(46-58-79)85-34-20-27-77-65-75(51-63-86(77)85)76-52-64-91-90-32-12-16-38-95(90)102(98(91)66-76)97-40-18-17-39-96(97)100(81-55-43-70(44-56-81)68-23-5-2-6-24-68)82-61-47-72(48-62-82)84-33-19-26-71-25-7-8-28-83(71)84/h1-66H. The highest BCUT2D eigenvalue weighted by atomic mass is 15.2. The molecule has 0 saturated carbocycles. The van der Waals surface area contributed by atoms with E-state index in [1.807, 2.05) is 0 Å². The molecule has 0 unspecified atom stereocenters. The molecule has 0 N–H and O–H groups in total. The fourth-order valence-corrected chi connectivity index (χ4v) is 15.7. The van der Waals surface area contributed by atoms with Crippen LogP contribution < -0.4 is 9.80 Å². The molecule has 478 valence electrons. The van der Waals surface area contributed by atoms with Gasteiger partial charge in [0.05, 0.1) is 39.1 Å². The topological polar surface area (TPSA) is 16.3 Å². The number of para-hydroxylation sites is 6. The summed E-state index contributed by atoms with van der Waals surface area (Å²) in [5.74, 6) is 0. The second-order valence-electron chi connectivity index (χ2n) is 26.4. The molecule has 0 fully saturated rings. The van der Waals surface area contributed by atoms with Crippen molar-refractivity contribution in [3.8, 4) is 78.1 Å². The molecule has 0 aliphatic carbocycles. The van der Waals surface area contributed by atoms with E-state index in [0.717, 1.165) is 78.8 Å². The zero-order valence-corrected chi connectivity index (χ0v) is 55.9. The van der Waals surface area contributed by atoms with Crippen molar-refractivity contribution in [3.63, 3.8) is 0 Å². The van der Waals surface area contributed by atoms with Crippen LogP contribution in [-0.4, -0.2) is 9.13 Å². The van der Waals surface area contributed by atoms with Crippen LogP contribution in [0.4, 0.5) is 34.1 Å². The molecule has 17 aromatic carbocycles. The molecule has 0 atom stereocenters. The molecule has 0 radical (unpaired) electrons. The van der Waals surface area contributed by atoms with Crippen molar-refractivity contribution in [1.82, 2.24) is 9.13 Å². The molecule has 4 heteroatoms. The minimum atomic E-state index is 1.06. The maximum atomic E-state index is 2.48. The zero-order valence-electron chi connectivity index (χ0n) is 55.9. The van der Waals surface area contributed by atoms with Crippen molar-refractivity contribution >= 4 is 99.3 Å². The second kappa shape index (κ2) is 25.4. The van der Waals surface area contributed by atoms with E-state index in [1.165, 1.54) is 98.6 Å². The predicted octanol–water partition coefficient (Wildman–Crippen LogP) is 27.1.